The number of nitrogens with zero attached hydrogens (tertiary/aromatic N) is 1. The van der Waals surface area contributed by atoms with E-state index < -0.39 is 5.60 Å². The van der Waals surface area contributed by atoms with Crippen molar-refractivity contribution in [3.05, 3.63) is 29.8 Å². The first-order valence-electron chi connectivity index (χ1n) is 5.11. The highest BCUT2D eigenvalue weighted by atomic mass is 19.1. The SMILES string of the molecule is CC1(c2cncc(F)c2)CC(N)CCO1. The van der Waals surface area contributed by atoms with Crippen LogP contribution in [0.4, 0.5) is 4.39 Å². The molecule has 0 aliphatic carbocycles. The number of hydrogen-bond donors (Lipinski definition) is 1. The van der Waals surface area contributed by atoms with Crippen LogP contribution in [0, 0.1) is 5.82 Å². The molecule has 1 fully saturated rings. The zero-order valence-electron chi connectivity index (χ0n) is 8.74. The molecule has 2 atom stereocenters. The number of nitrogens with two attached hydrogens (primary N) is 1. The van der Waals surface area contributed by atoms with Crippen LogP contribution in [-0.2, 0) is 10.3 Å². The molecule has 1 aliphatic rings. The molecule has 3 nitrogen and oxygen atoms in total. The molecule has 15 heavy (non-hydrogen) atoms. The second-order valence-corrected chi connectivity index (χ2v) is 4.22. The van der Waals surface area contributed by atoms with Crippen LogP contribution in [0.3, 0.4) is 0 Å². The molecule has 4 heteroatoms. The average Bonchev–Trinajstić information content (AvgIpc) is 2.17. The largest absolute Gasteiger partial charge is 0.370 e. The minimum Gasteiger partial charge on any atom is -0.370 e. The lowest BCUT2D eigenvalue weighted by atomic mass is 9.87. The second kappa shape index (κ2) is 3.87. The Morgan fingerprint density at radius 3 is 3.07 bits per heavy atom. The standard InChI is InChI=1S/C11H15FN2O/c1-11(5-10(13)2-3-15-11)8-4-9(12)7-14-6-8/h4,6-7,10H,2-3,5,13H2,1H3. The van der Waals surface area contributed by atoms with Gasteiger partial charge >= 0.3 is 0 Å². The summed E-state index contributed by atoms with van der Waals surface area (Å²) in [5.74, 6) is -0.337. The number of pyridine rings is 1. The average molecular weight is 210 g/mol. The summed E-state index contributed by atoms with van der Waals surface area (Å²) in [4.78, 5) is 3.83. The third-order valence-electron chi connectivity index (χ3n) is 2.88. The fraction of sp³-hybridized carbons (Fsp3) is 0.545. The lowest BCUT2D eigenvalue weighted by Crippen LogP contribution is -2.41. The predicted octanol–water partition coefficient (Wildman–Crippen LogP) is 1.57. The molecule has 1 aliphatic heterocycles. The van der Waals surface area contributed by atoms with E-state index in [9.17, 15) is 4.39 Å². The van der Waals surface area contributed by atoms with Gasteiger partial charge in [-0.2, -0.15) is 0 Å². The van der Waals surface area contributed by atoms with Gasteiger partial charge in [-0.05, 0) is 25.8 Å². The number of hydrogen-bond acceptors (Lipinski definition) is 3. The zero-order valence-corrected chi connectivity index (χ0v) is 8.74. The Bertz CT molecular complexity index is 358. The highest BCUT2D eigenvalue weighted by Crippen LogP contribution is 2.33. The first kappa shape index (κ1) is 10.5. The van der Waals surface area contributed by atoms with E-state index in [4.69, 9.17) is 10.5 Å². The van der Waals surface area contributed by atoms with Crippen LogP contribution < -0.4 is 5.73 Å². The molecule has 1 saturated heterocycles. The van der Waals surface area contributed by atoms with Gasteiger partial charge in [-0.25, -0.2) is 4.39 Å². The zero-order chi connectivity index (χ0) is 10.9. The molecule has 2 N–H and O–H groups in total. The molecular formula is C11H15FN2O. The van der Waals surface area contributed by atoms with Gasteiger partial charge in [-0.3, -0.25) is 4.98 Å². The summed E-state index contributed by atoms with van der Waals surface area (Å²) in [6.07, 6.45) is 4.40. The van der Waals surface area contributed by atoms with Crippen LogP contribution in [0.5, 0.6) is 0 Å². The molecule has 2 heterocycles. The molecule has 0 saturated carbocycles. The van der Waals surface area contributed by atoms with Gasteiger partial charge in [0.2, 0.25) is 0 Å². The maximum Gasteiger partial charge on any atom is 0.141 e. The highest BCUT2D eigenvalue weighted by Gasteiger charge is 2.33. The molecule has 0 spiro atoms. The van der Waals surface area contributed by atoms with Crippen molar-refractivity contribution in [1.29, 1.82) is 0 Å². The van der Waals surface area contributed by atoms with Crippen molar-refractivity contribution in [3.8, 4) is 0 Å². The van der Waals surface area contributed by atoms with E-state index >= 15 is 0 Å². The summed E-state index contributed by atoms with van der Waals surface area (Å²) >= 11 is 0. The number of ether oxygens (including phenoxy) is 1. The topological polar surface area (TPSA) is 48.1 Å². The summed E-state index contributed by atoms with van der Waals surface area (Å²) in [6.45, 7) is 2.55. The van der Waals surface area contributed by atoms with Crippen molar-refractivity contribution in [2.24, 2.45) is 5.73 Å². The van der Waals surface area contributed by atoms with Gasteiger partial charge in [-0.1, -0.05) is 0 Å². The Labute approximate surface area is 88.5 Å². The van der Waals surface area contributed by atoms with E-state index in [-0.39, 0.29) is 11.9 Å². The summed E-state index contributed by atoms with van der Waals surface area (Å²) < 4.78 is 18.7. The molecule has 0 aromatic carbocycles. The molecule has 1 aromatic rings. The number of halogens is 1. The molecule has 1 aromatic heterocycles. The van der Waals surface area contributed by atoms with Gasteiger partial charge in [-0.15, -0.1) is 0 Å². The smallest absolute Gasteiger partial charge is 0.141 e. The number of aromatic nitrogens is 1. The van der Waals surface area contributed by atoms with Gasteiger partial charge in [0, 0.05) is 24.4 Å². The van der Waals surface area contributed by atoms with Crippen LogP contribution >= 0.6 is 0 Å². The van der Waals surface area contributed by atoms with Crippen molar-refractivity contribution < 1.29 is 9.13 Å². The minimum atomic E-state index is -0.493. The van der Waals surface area contributed by atoms with Crippen LogP contribution in [0.25, 0.3) is 0 Å². The van der Waals surface area contributed by atoms with Crippen molar-refractivity contribution in [1.82, 2.24) is 4.98 Å². The van der Waals surface area contributed by atoms with Crippen LogP contribution in [0.15, 0.2) is 18.5 Å². The number of rotatable bonds is 1. The maximum atomic E-state index is 13.0. The third kappa shape index (κ3) is 2.16. The first-order valence-corrected chi connectivity index (χ1v) is 5.11. The molecular weight excluding hydrogens is 195 g/mol. The van der Waals surface area contributed by atoms with Crippen LogP contribution in [0.2, 0.25) is 0 Å². The van der Waals surface area contributed by atoms with E-state index in [2.05, 4.69) is 4.98 Å². The van der Waals surface area contributed by atoms with Gasteiger partial charge in [0.25, 0.3) is 0 Å². The van der Waals surface area contributed by atoms with Gasteiger partial charge in [0.1, 0.15) is 5.82 Å². The fourth-order valence-electron chi connectivity index (χ4n) is 2.00. The summed E-state index contributed by atoms with van der Waals surface area (Å²) in [5.41, 5.74) is 6.16. The van der Waals surface area contributed by atoms with Crippen molar-refractivity contribution in [2.45, 2.75) is 31.4 Å². The van der Waals surface area contributed by atoms with Crippen molar-refractivity contribution in [3.63, 3.8) is 0 Å². The normalized spacial score (nSPS) is 31.5. The Hall–Kier alpha value is -1.00. The lowest BCUT2D eigenvalue weighted by Gasteiger charge is -2.37. The van der Waals surface area contributed by atoms with E-state index in [0.717, 1.165) is 12.0 Å². The van der Waals surface area contributed by atoms with Crippen LogP contribution in [-0.4, -0.2) is 17.6 Å². The summed E-state index contributed by atoms with van der Waals surface area (Å²) in [5, 5.41) is 0. The Kier molecular flexibility index (Phi) is 2.71. The Morgan fingerprint density at radius 1 is 1.60 bits per heavy atom. The minimum absolute atomic E-state index is 0.118. The second-order valence-electron chi connectivity index (χ2n) is 4.22. The molecule has 0 radical (unpaired) electrons. The third-order valence-corrected chi connectivity index (χ3v) is 2.88. The molecule has 0 bridgehead atoms. The fourth-order valence-corrected chi connectivity index (χ4v) is 2.00. The maximum absolute atomic E-state index is 13.0. The van der Waals surface area contributed by atoms with Crippen molar-refractivity contribution >= 4 is 0 Å². The summed E-state index contributed by atoms with van der Waals surface area (Å²) in [6, 6.07) is 1.58. The molecule has 2 rings (SSSR count). The van der Waals surface area contributed by atoms with E-state index in [1.165, 1.54) is 12.3 Å². The van der Waals surface area contributed by atoms with Gasteiger partial charge in [0.05, 0.1) is 11.8 Å². The summed E-state index contributed by atoms with van der Waals surface area (Å²) in [7, 11) is 0. The van der Waals surface area contributed by atoms with Gasteiger partial charge in [0.15, 0.2) is 0 Å². The lowest BCUT2D eigenvalue weighted by molar-refractivity contribution is -0.0769. The monoisotopic (exact) mass is 210 g/mol. The first-order chi connectivity index (χ1) is 7.10. The van der Waals surface area contributed by atoms with Gasteiger partial charge < -0.3 is 10.5 Å². The highest BCUT2D eigenvalue weighted by molar-refractivity contribution is 5.19. The predicted molar refractivity (Wildman–Crippen MR) is 54.7 cm³/mol. The molecule has 0 amide bonds. The Balaban J connectivity index is 2.28. The van der Waals surface area contributed by atoms with E-state index in [0.29, 0.717) is 13.0 Å². The molecule has 82 valence electrons. The quantitative estimate of drug-likeness (QED) is 0.765. The van der Waals surface area contributed by atoms with Crippen molar-refractivity contribution in [2.75, 3.05) is 6.61 Å². The molecule has 2 unspecified atom stereocenters. The van der Waals surface area contributed by atoms with Crippen LogP contribution in [0.1, 0.15) is 25.3 Å². The van der Waals surface area contributed by atoms with E-state index in [1.807, 2.05) is 6.92 Å². The Morgan fingerprint density at radius 2 is 2.40 bits per heavy atom. The van der Waals surface area contributed by atoms with E-state index in [1.54, 1.807) is 6.20 Å².